The van der Waals surface area contributed by atoms with Crippen LogP contribution in [0, 0.1) is 0 Å². The van der Waals surface area contributed by atoms with Crippen molar-refractivity contribution in [3.63, 3.8) is 0 Å². The summed E-state index contributed by atoms with van der Waals surface area (Å²) in [5.41, 5.74) is 5.27. The molecule has 0 bridgehead atoms. The maximum atomic E-state index is 11.5. The number of nitrogens with two attached hydrogens (primary N) is 1. The quantitative estimate of drug-likeness (QED) is 0.633. The van der Waals surface area contributed by atoms with Crippen molar-refractivity contribution < 1.29 is 4.79 Å². The van der Waals surface area contributed by atoms with Gasteiger partial charge in [0.25, 0.3) is 0 Å². The lowest BCUT2D eigenvalue weighted by Crippen LogP contribution is -2.43. The lowest BCUT2D eigenvalue weighted by molar-refractivity contribution is -0.123. The summed E-state index contributed by atoms with van der Waals surface area (Å²) in [7, 11) is 0. The molecular formula is C11H21N3O. The van der Waals surface area contributed by atoms with Gasteiger partial charge in [-0.15, -0.1) is 0 Å². The van der Waals surface area contributed by atoms with Crippen molar-refractivity contribution in [1.82, 2.24) is 10.2 Å². The first-order chi connectivity index (χ1) is 7.21. The number of hydrogen-bond donors (Lipinski definition) is 2. The fraction of sp³-hybridized carbons (Fsp3) is 0.909. The predicted molar refractivity (Wildman–Crippen MR) is 59.5 cm³/mol. The van der Waals surface area contributed by atoms with Crippen LogP contribution in [0.1, 0.15) is 32.1 Å². The largest absolute Gasteiger partial charge is 0.354 e. The van der Waals surface area contributed by atoms with E-state index in [-0.39, 0.29) is 5.91 Å². The topological polar surface area (TPSA) is 58.4 Å². The summed E-state index contributed by atoms with van der Waals surface area (Å²) in [6.45, 7) is 4.34. The van der Waals surface area contributed by atoms with Gasteiger partial charge in [0, 0.05) is 6.54 Å². The van der Waals surface area contributed by atoms with Gasteiger partial charge >= 0.3 is 0 Å². The molecule has 3 N–H and O–H groups in total. The number of carbonyl (C=O) groups is 1. The second-order valence-corrected chi connectivity index (χ2v) is 4.81. The molecule has 0 radical (unpaired) electrons. The summed E-state index contributed by atoms with van der Waals surface area (Å²) >= 11 is 0. The minimum absolute atomic E-state index is 0.0453. The lowest BCUT2D eigenvalue weighted by Gasteiger charge is -2.15. The fourth-order valence-corrected chi connectivity index (χ4v) is 2.05. The van der Waals surface area contributed by atoms with Crippen molar-refractivity contribution in [2.75, 3.05) is 26.2 Å². The third-order valence-corrected chi connectivity index (χ3v) is 3.38. The zero-order valence-electron chi connectivity index (χ0n) is 9.30. The normalized spacial score (nSPS) is 24.1. The molecule has 0 atom stereocenters. The van der Waals surface area contributed by atoms with E-state index in [0.717, 1.165) is 32.4 Å². The van der Waals surface area contributed by atoms with Gasteiger partial charge < -0.3 is 16.0 Å². The van der Waals surface area contributed by atoms with E-state index >= 15 is 0 Å². The highest BCUT2D eigenvalue weighted by atomic mass is 16.2. The Kier molecular flexibility index (Phi) is 3.26. The molecular weight excluding hydrogens is 190 g/mol. The van der Waals surface area contributed by atoms with E-state index in [1.165, 1.54) is 25.9 Å². The molecule has 15 heavy (non-hydrogen) atoms. The standard InChI is InChI=1S/C11H21N3O/c12-11(4-5-11)10(15)13-6-3-9-14-7-1-2-8-14/h1-9,12H2,(H,13,15). The second kappa shape index (κ2) is 4.49. The smallest absolute Gasteiger partial charge is 0.240 e. The van der Waals surface area contributed by atoms with Crippen molar-refractivity contribution >= 4 is 5.91 Å². The molecule has 2 fully saturated rings. The molecule has 1 heterocycles. The maximum Gasteiger partial charge on any atom is 0.240 e. The first kappa shape index (κ1) is 10.9. The molecule has 1 aliphatic carbocycles. The summed E-state index contributed by atoms with van der Waals surface area (Å²) < 4.78 is 0. The average Bonchev–Trinajstić information content (AvgIpc) is 2.80. The molecule has 0 aromatic rings. The molecule has 4 nitrogen and oxygen atoms in total. The number of carbonyl (C=O) groups excluding carboxylic acids is 1. The molecule has 2 rings (SSSR count). The molecule has 86 valence electrons. The fourth-order valence-electron chi connectivity index (χ4n) is 2.05. The van der Waals surface area contributed by atoms with Crippen molar-refractivity contribution in [2.45, 2.75) is 37.6 Å². The van der Waals surface area contributed by atoms with E-state index in [4.69, 9.17) is 5.73 Å². The molecule has 0 unspecified atom stereocenters. The van der Waals surface area contributed by atoms with Crippen LogP contribution in [0.25, 0.3) is 0 Å². The lowest BCUT2D eigenvalue weighted by atomic mass is 10.2. The molecule has 4 heteroatoms. The van der Waals surface area contributed by atoms with Crippen LogP contribution >= 0.6 is 0 Å². The summed E-state index contributed by atoms with van der Waals surface area (Å²) in [6, 6.07) is 0. The summed E-state index contributed by atoms with van der Waals surface area (Å²) in [6.07, 6.45) is 5.41. The van der Waals surface area contributed by atoms with E-state index in [1.54, 1.807) is 0 Å². The number of rotatable bonds is 5. The van der Waals surface area contributed by atoms with Crippen LogP contribution in [0.5, 0.6) is 0 Å². The van der Waals surface area contributed by atoms with Gasteiger partial charge in [0.1, 0.15) is 0 Å². The average molecular weight is 211 g/mol. The van der Waals surface area contributed by atoms with E-state index in [0.29, 0.717) is 0 Å². The van der Waals surface area contributed by atoms with E-state index in [1.807, 2.05) is 0 Å². The van der Waals surface area contributed by atoms with Gasteiger partial charge in [-0.2, -0.15) is 0 Å². The van der Waals surface area contributed by atoms with E-state index in [9.17, 15) is 4.79 Å². The molecule has 0 aromatic carbocycles. The van der Waals surface area contributed by atoms with Gasteiger partial charge in [-0.05, 0) is 51.7 Å². The monoisotopic (exact) mass is 211 g/mol. The number of amides is 1. The molecule has 1 aliphatic heterocycles. The van der Waals surface area contributed by atoms with E-state index in [2.05, 4.69) is 10.2 Å². The summed E-state index contributed by atoms with van der Waals surface area (Å²) in [5, 5.41) is 2.92. The van der Waals surface area contributed by atoms with Gasteiger partial charge in [0.15, 0.2) is 0 Å². The zero-order chi connectivity index (χ0) is 10.7. The Morgan fingerprint density at radius 2 is 2.00 bits per heavy atom. The van der Waals surface area contributed by atoms with Crippen LogP contribution in [0.3, 0.4) is 0 Å². The molecule has 1 saturated heterocycles. The van der Waals surface area contributed by atoms with Crippen LogP contribution < -0.4 is 11.1 Å². The van der Waals surface area contributed by atoms with Gasteiger partial charge in [-0.1, -0.05) is 0 Å². The van der Waals surface area contributed by atoms with Gasteiger partial charge in [0.2, 0.25) is 5.91 Å². The van der Waals surface area contributed by atoms with Crippen molar-refractivity contribution in [3.8, 4) is 0 Å². The molecule has 0 aromatic heterocycles. The minimum atomic E-state index is -0.506. The predicted octanol–water partition coefficient (Wildman–Crippen LogP) is 0.0798. The summed E-state index contributed by atoms with van der Waals surface area (Å²) in [5.74, 6) is 0.0453. The molecule has 1 amide bonds. The number of nitrogens with one attached hydrogen (secondary N) is 1. The Morgan fingerprint density at radius 1 is 1.33 bits per heavy atom. The molecule has 2 aliphatic rings. The second-order valence-electron chi connectivity index (χ2n) is 4.81. The van der Waals surface area contributed by atoms with Gasteiger partial charge in [-0.25, -0.2) is 0 Å². The molecule has 0 spiro atoms. The SMILES string of the molecule is NC1(C(=O)NCCCN2CCCC2)CC1. The van der Waals surface area contributed by atoms with Crippen LogP contribution in [0.2, 0.25) is 0 Å². The van der Waals surface area contributed by atoms with Crippen molar-refractivity contribution in [1.29, 1.82) is 0 Å². The highest BCUT2D eigenvalue weighted by molar-refractivity contribution is 5.88. The van der Waals surface area contributed by atoms with Gasteiger partial charge in [0.05, 0.1) is 5.54 Å². The van der Waals surface area contributed by atoms with Crippen LogP contribution in [0.15, 0.2) is 0 Å². The Hall–Kier alpha value is -0.610. The third kappa shape index (κ3) is 2.92. The number of nitrogens with zero attached hydrogens (tertiary/aromatic N) is 1. The van der Waals surface area contributed by atoms with Crippen molar-refractivity contribution in [2.24, 2.45) is 5.73 Å². The zero-order valence-corrected chi connectivity index (χ0v) is 9.30. The van der Waals surface area contributed by atoms with Crippen LogP contribution in [0.4, 0.5) is 0 Å². The highest BCUT2D eigenvalue weighted by Crippen LogP contribution is 2.31. The first-order valence-electron chi connectivity index (χ1n) is 6.00. The Morgan fingerprint density at radius 3 is 2.60 bits per heavy atom. The van der Waals surface area contributed by atoms with Crippen molar-refractivity contribution in [3.05, 3.63) is 0 Å². The summed E-state index contributed by atoms with van der Waals surface area (Å²) in [4.78, 5) is 13.9. The first-order valence-corrected chi connectivity index (χ1v) is 6.00. The Labute approximate surface area is 91.2 Å². The molecule has 1 saturated carbocycles. The Bertz CT molecular complexity index is 232. The van der Waals surface area contributed by atoms with Crippen LogP contribution in [-0.2, 0) is 4.79 Å². The maximum absolute atomic E-state index is 11.5. The highest BCUT2D eigenvalue weighted by Gasteiger charge is 2.45. The number of hydrogen-bond acceptors (Lipinski definition) is 3. The van der Waals surface area contributed by atoms with Crippen LogP contribution in [-0.4, -0.2) is 42.5 Å². The van der Waals surface area contributed by atoms with Gasteiger partial charge in [-0.3, -0.25) is 4.79 Å². The van der Waals surface area contributed by atoms with E-state index < -0.39 is 5.54 Å². The Balaban J connectivity index is 1.53. The third-order valence-electron chi connectivity index (χ3n) is 3.38. The minimum Gasteiger partial charge on any atom is -0.354 e. The number of likely N-dealkylation sites (tertiary alicyclic amines) is 1.